The van der Waals surface area contributed by atoms with Gasteiger partial charge in [0.1, 0.15) is 0 Å². The number of unbranched alkanes of at least 4 members (excludes halogenated alkanes) is 1. The second-order valence-electron chi connectivity index (χ2n) is 7.37. The lowest BCUT2D eigenvalue weighted by atomic mass is 10.2. The second kappa shape index (κ2) is 11.6. The van der Waals surface area contributed by atoms with E-state index in [9.17, 15) is 9.59 Å². The molecule has 1 unspecified atom stereocenters. The molecule has 0 aliphatic carbocycles. The van der Waals surface area contributed by atoms with Gasteiger partial charge in [-0.1, -0.05) is 42.8 Å². The Bertz CT molecular complexity index is 821. The quantitative estimate of drug-likeness (QED) is 0.560. The van der Waals surface area contributed by atoms with Gasteiger partial charge in [-0.05, 0) is 43.7 Å². The Morgan fingerprint density at radius 2 is 1.79 bits per heavy atom. The Hall–Kier alpha value is -2.31. The summed E-state index contributed by atoms with van der Waals surface area (Å²) in [5.41, 5.74) is 2.40. The molecule has 2 aromatic carbocycles. The maximum Gasteiger partial charge on any atom is 0.251 e. The van der Waals surface area contributed by atoms with Gasteiger partial charge in [-0.2, -0.15) is 0 Å². The highest BCUT2D eigenvalue weighted by Crippen LogP contribution is 2.34. The number of hydrogen-bond donors (Lipinski definition) is 3. The number of anilines is 1. The second-order valence-corrected chi connectivity index (χ2v) is 8.49. The lowest BCUT2D eigenvalue weighted by Crippen LogP contribution is -3.09. The molecule has 2 amide bonds. The monoisotopic (exact) mass is 414 g/mol. The minimum Gasteiger partial charge on any atom is -0.346 e. The summed E-state index contributed by atoms with van der Waals surface area (Å²) >= 11 is 1.56. The van der Waals surface area contributed by atoms with Crippen molar-refractivity contribution >= 4 is 29.3 Å². The Labute approximate surface area is 178 Å². The van der Waals surface area contributed by atoms with E-state index in [1.807, 2.05) is 19.1 Å². The van der Waals surface area contributed by atoms with Crippen LogP contribution in [0.1, 0.15) is 42.6 Å². The molecule has 2 rings (SSSR count). The van der Waals surface area contributed by atoms with E-state index >= 15 is 0 Å². The molecule has 0 spiro atoms. The van der Waals surface area contributed by atoms with Crippen molar-refractivity contribution in [2.45, 2.75) is 43.4 Å². The van der Waals surface area contributed by atoms with Crippen LogP contribution in [0.2, 0.25) is 0 Å². The zero-order valence-electron chi connectivity index (χ0n) is 17.8. The van der Waals surface area contributed by atoms with E-state index in [1.165, 1.54) is 30.2 Å². The predicted molar refractivity (Wildman–Crippen MR) is 120 cm³/mol. The van der Waals surface area contributed by atoms with Gasteiger partial charge in [0.25, 0.3) is 5.91 Å². The molecule has 5 nitrogen and oxygen atoms in total. The Morgan fingerprint density at radius 1 is 1.07 bits per heavy atom. The molecule has 0 bridgehead atoms. The lowest BCUT2D eigenvalue weighted by molar-refractivity contribution is -0.878. The fraction of sp³-hybridized carbons (Fsp3) is 0.391. The van der Waals surface area contributed by atoms with Gasteiger partial charge < -0.3 is 15.5 Å². The summed E-state index contributed by atoms with van der Waals surface area (Å²) in [7, 11) is 2.15. The molecule has 0 aromatic heterocycles. The number of quaternary nitrogens is 1. The zero-order chi connectivity index (χ0) is 21.2. The van der Waals surface area contributed by atoms with Gasteiger partial charge in [0.05, 0.1) is 32.4 Å². The van der Waals surface area contributed by atoms with Gasteiger partial charge in [0, 0.05) is 22.3 Å². The Kier molecular flexibility index (Phi) is 9.22. The van der Waals surface area contributed by atoms with E-state index in [1.54, 1.807) is 17.8 Å². The first-order valence-corrected chi connectivity index (χ1v) is 11.0. The van der Waals surface area contributed by atoms with Gasteiger partial charge in [0.15, 0.2) is 0 Å². The van der Waals surface area contributed by atoms with Crippen molar-refractivity contribution in [3.63, 3.8) is 0 Å². The fourth-order valence-corrected chi connectivity index (χ4v) is 3.76. The third-order valence-electron chi connectivity index (χ3n) is 4.60. The molecule has 0 aliphatic heterocycles. The van der Waals surface area contributed by atoms with E-state index in [0.29, 0.717) is 17.8 Å². The number of nitrogens with one attached hydrogen (secondary N) is 3. The van der Waals surface area contributed by atoms with E-state index in [4.69, 9.17) is 0 Å². The van der Waals surface area contributed by atoms with Gasteiger partial charge in [-0.3, -0.25) is 9.59 Å². The Morgan fingerprint density at radius 3 is 2.45 bits per heavy atom. The fourth-order valence-electron chi connectivity index (χ4n) is 2.88. The molecule has 0 aliphatic rings. The van der Waals surface area contributed by atoms with Crippen LogP contribution in [0.3, 0.4) is 0 Å². The third-order valence-corrected chi connectivity index (χ3v) is 5.68. The van der Waals surface area contributed by atoms with Crippen LogP contribution in [0.25, 0.3) is 0 Å². The molecule has 0 fully saturated rings. The highest BCUT2D eigenvalue weighted by molar-refractivity contribution is 7.99. The Balaban J connectivity index is 2.06. The van der Waals surface area contributed by atoms with E-state index < -0.39 is 0 Å². The maximum absolute atomic E-state index is 12.5. The first kappa shape index (κ1) is 23.0. The molecule has 0 saturated heterocycles. The average Bonchev–Trinajstić information content (AvgIpc) is 2.68. The van der Waals surface area contributed by atoms with Crippen LogP contribution < -0.4 is 15.5 Å². The average molecular weight is 415 g/mol. The molecule has 0 heterocycles. The van der Waals surface area contributed by atoms with Crippen LogP contribution in [-0.2, 0) is 4.79 Å². The summed E-state index contributed by atoms with van der Waals surface area (Å²) in [6.45, 7) is 8.34. The first-order valence-electron chi connectivity index (χ1n) is 10.1. The summed E-state index contributed by atoms with van der Waals surface area (Å²) in [5, 5.41) is 5.84. The van der Waals surface area contributed by atoms with E-state index in [2.05, 4.69) is 48.9 Å². The molecule has 6 heteroatoms. The van der Waals surface area contributed by atoms with Crippen molar-refractivity contribution in [3.8, 4) is 0 Å². The smallest absolute Gasteiger partial charge is 0.251 e. The summed E-state index contributed by atoms with van der Waals surface area (Å²) in [5.74, 6) is -0.277. The molecule has 2 aromatic rings. The summed E-state index contributed by atoms with van der Waals surface area (Å²) in [6, 6.07) is 13.7. The molecule has 0 saturated carbocycles. The van der Waals surface area contributed by atoms with Gasteiger partial charge in [0.2, 0.25) is 5.91 Å². The minimum atomic E-state index is -0.158. The molecule has 3 N–H and O–H groups in total. The van der Waals surface area contributed by atoms with Crippen LogP contribution in [0.5, 0.6) is 0 Å². The predicted octanol–water partition coefficient (Wildman–Crippen LogP) is 3.15. The largest absolute Gasteiger partial charge is 0.346 e. The van der Waals surface area contributed by atoms with Crippen molar-refractivity contribution in [3.05, 3.63) is 53.6 Å². The number of amides is 2. The first-order chi connectivity index (χ1) is 13.9. The molecule has 29 heavy (non-hydrogen) atoms. The van der Waals surface area contributed by atoms with Crippen molar-refractivity contribution in [1.82, 2.24) is 5.32 Å². The number of hydrogen-bond acceptors (Lipinski definition) is 3. The number of rotatable bonds is 10. The normalized spacial score (nSPS) is 11.7. The zero-order valence-corrected chi connectivity index (χ0v) is 18.6. The molecule has 1 atom stereocenters. The number of carbonyl (C=O) groups excluding carboxylic acids is 2. The van der Waals surface area contributed by atoms with Gasteiger partial charge >= 0.3 is 0 Å². The summed E-state index contributed by atoms with van der Waals surface area (Å²) < 4.78 is 0. The summed E-state index contributed by atoms with van der Waals surface area (Å²) in [6.07, 6.45) is 2.38. The minimum absolute atomic E-state index is 0.119. The van der Waals surface area contributed by atoms with Crippen molar-refractivity contribution in [1.29, 1.82) is 0 Å². The number of benzene rings is 2. The number of likely N-dealkylation sites (N-methyl/N-ethyl adjacent to an activating group) is 1. The number of carbonyl (C=O) groups is 2. The number of aryl methyl sites for hydroxylation is 1. The van der Waals surface area contributed by atoms with Crippen LogP contribution in [0.15, 0.2) is 52.3 Å². The molecule has 0 radical (unpaired) electrons. The van der Waals surface area contributed by atoms with Gasteiger partial charge in [-0.15, -0.1) is 0 Å². The maximum atomic E-state index is 12.5. The van der Waals surface area contributed by atoms with Crippen molar-refractivity contribution in [2.75, 3.05) is 32.0 Å². The molecule has 156 valence electrons. The highest BCUT2D eigenvalue weighted by Gasteiger charge is 2.12. The van der Waals surface area contributed by atoms with E-state index in [0.717, 1.165) is 22.9 Å². The van der Waals surface area contributed by atoms with E-state index in [-0.39, 0.29) is 11.8 Å². The third kappa shape index (κ3) is 7.91. The van der Waals surface area contributed by atoms with Crippen LogP contribution >= 0.6 is 11.8 Å². The summed E-state index contributed by atoms with van der Waals surface area (Å²) in [4.78, 5) is 27.6. The molecular weight excluding hydrogens is 382 g/mol. The standard InChI is InChI=1S/C23H31N3O2S/c1-5-6-14-26(4)15-13-24-23(28)19-9-12-22(21(16-19)25-18(3)27)29-20-10-7-17(2)8-11-20/h7-12,16H,5-6,13-15H2,1-4H3,(H,24,28)(H,25,27)/p+1. The SMILES string of the molecule is CCCC[NH+](C)CCNC(=O)c1ccc(Sc2ccc(C)cc2)c(NC(C)=O)c1. The molecular formula is C23H32N3O2S+. The van der Waals surface area contributed by atoms with Crippen molar-refractivity contribution < 1.29 is 14.5 Å². The van der Waals surface area contributed by atoms with Crippen LogP contribution in [0.4, 0.5) is 5.69 Å². The van der Waals surface area contributed by atoms with Gasteiger partial charge in [-0.25, -0.2) is 0 Å². The van der Waals surface area contributed by atoms with Crippen LogP contribution in [0, 0.1) is 6.92 Å². The topological polar surface area (TPSA) is 62.6 Å². The highest BCUT2D eigenvalue weighted by atomic mass is 32.2. The van der Waals surface area contributed by atoms with Crippen LogP contribution in [-0.4, -0.2) is 38.5 Å². The lowest BCUT2D eigenvalue weighted by Gasteiger charge is -2.15. The van der Waals surface area contributed by atoms with Crippen molar-refractivity contribution in [2.24, 2.45) is 0 Å².